The van der Waals surface area contributed by atoms with E-state index < -0.39 is 23.7 Å². The van der Waals surface area contributed by atoms with Crippen LogP contribution in [0.15, 0.2) is 72.8 Å². The van der Waals surface area contributed by atoms with E-state index in [-0.39, 0.29) is 19.2 Å². The third kappa shape index (κ3) is 7.52. The van der Waals surface area contributed by atoms with Crippen molar-refractivity contribution >= 4 is 11.8 Å². The van der Waals surface area contributed by atoms with Crippen molar-refractivity contribution in [2.75, 3.05) is 27.4 Å². The van der Waals surface area contributed by atoms with E-state index in [1.165, 1.54) is 34.0 Å². The van der Waals surface area contributed by atoms with Gasteiger partial charge in [-0.15, -0.1) is 10.2 Å². The molecule has 0 radical (unpaired) electrons. The highest BCUT2D eigenvalue weighted by molar-refractivity contribution is 5.88. The number of hydrogen-bond acceptors (Lipinski definition) is 8. The van der Waals surface area contributed by atoms with Gasteiger partial charge in [-0.3, -0.25) is 9.59 Å². The number of methoxy groups -OCH3 is 2. The maximum Gasteiger partial charge on any atom is 0.247 e. The lowest BCUT2D eigenvalue weighted by atomic mass is 10.0. The average molecular weight is 589 g/mol. The molecule has 0 spiro atoms. The van der Waals surface area contributed by atoms with E-state index in [9.17, 15) is 14.0 Å². The first-order chi connectivity index (χ1) is 20.9. The number of aromatic nitrogens is 4. The molecule has 1 aromatic heterocycles. The van der Waals surface area contributed by atoms with Crippen LogP contribution in [-0.2, 0) is 27.4 Å². The molecule has 1 aliphatic rings. The number of amides is 2. The van der Waals surface area contributed by atoms with Crippen LogP contribution in [0.3, 0.4) is 0 Å². The summed E-state index contributed by atoms with van der Waals surface area (Å²) in [6, 6.07) is 18.8. The van der Waals surface area contributed by atoms with Gasteiger partial charge in [-0.1, -0.05) is 24.3 Å². The Bertz CT molecular complexity index is 1510. The van der Waals surface area contributed by atoms with E-state index >= 15 is 0 Å². The summed E-state index contributed by atoms with van der Waals surface area (Å²) in [7, 11) is 3.15. The molecule has 11 nitrogen and oxygen atoms in total. The first-order valence-electron chi connectivity index (χ1n) is 13.9. The maximum atomic E-state index is 14.0. The lowest BCUT2D eigenvalue weighted by molar-refractivity contribution is -0.142. The fourth-order valence-electron chi connectivity index (χ4n) is 4.86. The lowest BCUT2D eigenvalue weighted by Gasteiger charge is -2.31. The normalized spacial score (nSPS) is 15.1. The van der Waals surface area contributed by atoms with Crippen LogP contribution in [0.2, 0.25) is 0 Å². The SMILES string of the molecule is COc1ccc(CN(C(=O)Cn2nnc(-c3ccc(OC)cc3)n2)[C@H](C(=O)NC[C@H]2CCCO2)c2ccc(F)cc2)cc1. The van der Waals surface area contributed by atoms with Crippen LogP contribution in [0.4, 0.5) is 4.39 Å². The second-order valence-corrected chi connectivity index (χ2v) is 10.1. The molecule has 1 N–H and O–H groups in total. The molecular weight excluding hydrogens is 555 g/mol. The van der Waals surface area contributed by atoms with Crippen molar-refractivity contribution in [1.82, 2.24) is 30.4 Å². The molecule has 2 heterocycles. The first-order valence-corrected chi connectivity index (χ1v) is 13.9. The minimum atomic E-state index is -1.07. The van der Waals surface area contributed by atoms with Gasteiger partial charge < -0.3 is 24.4 Å². The van der Waals surface area contributed by atoms with E-state index in [1.807, 2.05) is 12.1 Å². The number of tetrazole rings is 1. The minimum Gasteiger partial charge on any atom is -0.497 e. The van der Waals surface area contributed by atoms with Gasteiger partial charge in [0.1, 0.15) is 29.9 Å². The number of nitrogens with one attached hydrogen (secondary N) is 1. The van der Waals surface area contributed by atoms with Crippen LogP contribution in [0.1, 0.15) is 30.0 Å². The van der Waals surface area contributed by atoms with Gasteiger partial charge in [-0.05, 0) is 77.7 Å². The minimum absolute atomic E-state index is 0.0816. The molecule has 2 atom stereocenters. The van der Waals surface area contributed by atoms with Gasteiger partial charge in [0, 0.05) is 25.3 Å². The van der Waals surface area contributed by atoms with E-state index in [2.05, 4.69) is 20.7 Å². The van der Waals surface area contributed by atoms with Crippen molar-refractivity contribution in [3.63, 3.8) is 0 Å². The van der Waals surface area contributed by atoms with Gasteiger partial charge in [0.05, 0.1) is 20.3 Å². The topological polar surface area (TPSA) is 121 Å². The van der Waals surface area contributed by atoms with Gasteiger partial charge in [0.15, 0.2) is 0 Å². The molecule has 1 fully saturated rings. The zero-order valence-corrected chi connectivity index (χ0v) is 24.0. The average Bonchev–Trinajstić information content (AvgIpc) is 3.73. The highest BCUT2D eigenvalue weighted by Gasteiger charge is 2.33. The zero-order valence-electron chi connectivity index (χ0n) is 24.0. The first kappa shape index (κ1) is 29.6. The van der Waals surface area contributed by atoms with Gasteiger partial charge in [-0.2, -0.15) is 4.80 Å². The Balaban J connectivity index is 1.44. The number of halogens is 1. The fraction of sp³-hybridized carbons (Fsp3) is 0.323. The third-order valence-electron chi connectivity index (χ3n) is 7.18. The maximum absolute atomic E-state index is 14.0. The largest absolute Gasteiger partial charge is 0.497 e. The van der Waals surface area contributed by atoms with E-state index in [0.29, 0.717) is 41.6 Å². The number of ether oxygens (including phenoxy) is 3. The summed E-state index contributed by atoms with van der Waals surface area (Å²) in [6.07, 6.45) is 1.66. The molecule has 1 saturated heterocycles. The number of nitrogens with zero attached hydrogens (tertiary/aromatic N) is 5. The van der Waals surface area contributed by atoms with Crippen molar-refractivity contribution in [2.45, 2.75) is 38.1 Å². The monoisotopic (exact) mass is 588 g/mol. The molecule has 0 saturated carbocycles. The van der Waals surface area contributed by atoms with Crippen LogP contribution >= 0.6 is 0 Å². The molecule has 2 amide bonds. The van der Waals surface area contributed by atoms with Crippen LogP contribution in [0, 0.1) is 5.82 Å². The highest BCUT2D eigenvalue weighted by Crippen LogP contribution is 2.26. The second-order valence-electron chi connectivity index (χ2n) is 10.1. The number of carbonyl (C=O) groups excluding carboxylic acids is 2. The summed E-state index contributed by atoms with van der Waals surface area (Å²) in [4.78, 5) is 30.4. The third-order valence-corrected chi connectivity index (χ3v) is 7.18. The summed E-state index contributed by atoms with van der Waals surface area (Å²) >= 11 is 0. The second kappa shape index (κ2) is 13.9. The summed E-state index contributed by atoms with van der Waals surface area (Å²) in [5.74, 6) is 0.384. The predicted molar refractivity (Wildman–Crippen MR) is 154 cm³/mol. The summed E-state index contributed by atoms with van der Waals surface area (Å²) in [5, 5.41) is 15.5. The van der Waals surface area contributed by atoms with E-state index in [1.54, 1.807) is 50.6 Å². The Morgan fingerprint density at radius 2 is 1.70 bits per heavy atom. The van der Waals surface area contributed by atoms with E-state index in [0.717, 1.165) is 18.4 Å². The summed E-state index contributed by atoms with van der Waals surface area (Å²) < 4.78 is 30.1. The number of carbonyl (C=O) groups is 2. The molecular formula is C31H33FN6O5. The summed E-state index contributed by atoms with van der Waals surface area (Å²) in [6.45, 7) is 0.749. The van der Waals surface area contributed by atoms with E-state index in [4.69, 9.17) is 14.2 Å². The Kier molecular flexibility index (Phi) is 9.57. The molecule has 224 valence electrons. The van der Waals surface area contributed by atoms with Gasteiger partial charge in [-0.25, -0.2) is 4.39 Å². The van der Waals surface area contributed by atoms with Crippen molar-refractivity contribution in [3.8, 4) is 22.9 Å². The molecule has 43 heavy (non-hydrogen) atoms. The number of rotatable bonds is 12. The molecule has 1 aliphatic heterocycles. The van der Waals surface area contributed by atoms with Crippen molar-refractivity contribution in [2.24, 2.45) is 0 Å². The van der Waals surface area contributed by atoms with Crippen molar-refractivity contribution < 1.29 is 28.2 Å². The molecule has 0 unspecified atom stereocenters. The van der Waals surface area contributed by atoms with Crippen LogP contribution in [-0.4, -0.2) is 70.4 Å². The Hall–Kier alpha value is -4.84. The smallest absolute Gasteiger partial charge is 0.247 e. The predicted octanol–water partition coefficient (Wildman–Crippen LogP) is 3.56. The molecule has 12 heteroatoms. The van der Waals surface area contributed by atoms with Crippen molar-refractivity contribution in [3.05, 3.63) is 89.7 Å². The Labute approximate surface area is 248 Å². The van der Waals surface area contributed by atoms with Gasteiger partial charge >= 0.3 is 0 Å². The fourth-order valence-corrected chi connectivity index (χ4v) is 4.86. The number of hydrogen-bond donors (Lipinski definition) is 1. The quantitative estimate of drug-likeness (QED) is 0.267. The van der Waals surface area contributed by atoms with Crippen molar-refractivity contribution in [1.29, 1.82) is 0 Å². The molecule has 3 aromatic carbocycles. The lowest BCUT2D eigenvalue weighted by Crippen LogP contribution is -2.46. The Morgan fingerprint density at radius 3 is 2.33 bits per heavy atom. The molecule has 4 aromatic rings. The summed E-state index contributed by atoms with van der Waals surface area (Å²) in [5.41, 5.74) is 1.92. The van der Waals surface area contributed by atoms with Crippen LogP contribution in [0.5, 0.6) is 11.5 Å². The molecule has 0 aliphatic carbocycles. The van der Waals surface area contributed by atoms with Crippen LogP contribution in [0.25, 0.3) is 11.4 Å². The van der Waals surface area contributed by atoms with Crippen LogP contribution < -0.4 is 14.8 Å². The van der Waals surface area contributed by atoms with Gasteiger partial charge in [0.25, 0.3) is 0 Å². The molecule has 0 bridgehead atoms. The Morgan fingerprint density at radius 1 is 1.02 bits per heavy atom. The highest BCUT2D eigenvalue weighted by atomic mass is 19.1. The van der Waals surface area contributed by atoms with Gasteiger partial charge in [0.2, 0.25) is 17.6 Å². The molecule has 5 rings (SSSR count). The number of benzene rings is 3. The zero-order chi connectivity index (χ0) is 30.2. The standard InChI is InChI=1S/C31H33FN6O5/c1-41-25-13-5-21(6-14-25)19-37(28(39)20-38-35-30(34-36-38)23-9-15-26(42-2)16-10-23)29(22-7-11-24(32)12-8-22)31(40)33-18-27-4-3-17-43-27/h5-16,27,29H,3-4,17-20H2,1-2H3,(H,33,40)/t27-,29+/m1/s1.